The number of nitrogens with one attached hydrogen (secondary N) is 1. The second-order valence-electron chi connectivity index (χ2n) is 7.29. The fraction of sp³-hybridized carbons (Fsp3) is 0.227. The molecule has 9 heteroatoms. The predicted octanol–water partition coefficient (Wildman–Crippen LogP) is 1.23. The van der Waals surface area contributed by atoms with Crippen molar-refractivity contribution in [2.24, 2.45) is 0 Å². The molecule has 4 aromatic heterocycles. The van der Waals surface area contributed by atoms with Crippen LogP contribution in [0.2, 0.25) is 0 Å². The van der Waals surface area contributed by atoms with Gasteiger partial charge in [0.1, 0.15) is 10.9 Å². The third-order valence-electron chi connectivity index (χ3n) is 5.18. The summed E-state index contributed by atoms with van der Waals surface area (Å²) >= 11 is 0. The zero-order valence-electron chi connectivity index (χ0n) is 17.3. The minimum atomic E-state index is -0.364. The van der Waals surface area contributed by atoms with Gasteiger partial charge in [-0.1, -0.05) is 17.1 Å². The summed E-state index contributed by atoms with van der Waals surface area (Å²) in [5.74, 6) is -0.0964. The molecule has 0 saturated heterocycles. The standard InChI is InChI=1S/C22H23N7O2/c1-3-7-25-21(30)16-13-17-20(26-19-15(2)6-4-10-29(19)22(17)31)28(18(16)23)11-5-9-27-12-8-24-14-27/h3-4,6,8,10,12-14,23H,1,5,7,9,11H2,2H3,(H,25,30)/p+1. The smallest absolute Gasteiger partial charge is 0.278 e. The summed E-state index contributed by atoms with van der Waals surface area (Å²) in [7, 11) is 0. The second kappa shape index (κ2) is 8.39. The van der Waals surface area contributed by atoms with Crippen molar-refractivity contribution >= 4 is 28.4 Å². The number of hydrogen-bond donors (Lipinski definition) is 2. The summed E-state index contributed by atoms with van der Waals surface area (Å²) in [4.78, 5) is 34.8. The van der Waals surface area contributed by atoms with E-state index in [9.17, 15) is 9.59 Å². The minimum absolute atomic E-state index is 0.239. The topological polar surface area (TPSA) is 111 Å². The Kier molecular flexibility index (Phi) is 5.48. The predicted molar refractivity (Wildman–Crippen MR) is 118 cm³/mol. The second-order valence-corrected chi connectivity index (χ2v) is 7.29. The Hall–Kier alpha value is -4.01. The highest BCUT2D eigenvalue weighted by atomic mass is 16.1. The molecule has 31 heavy (non-hydrogen) atoms. The van der Waals surface area contributed by atoms with E-state index in [2.05, 4.69) is 16.9 Å². The summed E-state index contributed by atoms with van der Waals surface area (Å²) in [5.41, 5.74) is 8.31. The summed E-state index contributed by atoms with van der Waals surface area (Å²) in [6.07, 6.45) is 9.32. The molecule has 4 aromatic rings. The number of aromatic nitrogens is 5. The molecule has 1 amide bonds. The van der Waals surface area contributed by atoms with E-state index >= 15 is 0 Å². The van der Waals surface area contributed by atoms with Gasteiger partial charge in [0.15, 0.2) is 0 Å². The lowest BCUT2D eigenvalue weighted by molar-refractivity contribution is -0.659. The highest BCUT2D eigenvalue weighted by Crippen LogP contribution is 2.16. The van der Waals surface area contributed by atoms with Crippen LogP contribution in [0.15, 0.2) is 60.6 Å². The van der Waals surface area contributed by atoms with Crippen molar-refractivity contribution < 1.29 is 9.36 Å². The molecule has 0 saturated carbocycles. The van der Waals surface area contributed by atoms with Crippen molar-refractivity contribution in [1.29, 1.82) is 0 Å². The number of carbonyl (C=O) groups is 1. The highest BCUT2D eigenvalue weighted by Gasteiger charge is 2.24. The van der Waals surface area contributed by atoms with E-state index in [1.165, 1.54) is 10.5 Å². The molecule has 9 nitrogen and oxygen atoms in total. The molecule has 0 spiro atoms. The number of rotatable bonds is 7. The lowest BCUT2D eigenvalue weighted by Gasteiger charge is -2.12. The summed E-state index contributed by atoms with van der Waals surface area (Å²) in [5, 5.41) is 3.07. The first-order chi connectivity index (χ1) is 15.0. The Morgan fingerprint density at radius 1 is 1.39 bits per heavy atom. The number of amides is 1. The van der Waals surface area contributed by atoms with Gasteiger partial charge in [-0.05, 0) is 25.5 Å². The van der Waals surface area contributed by atoms with Crippen molar-refractivity contribution in [3.8, 4) is 0 Å². The van der Waals surface area contributed by atoms with Crippen molar-refractivity contribution in [2.45, 2.75) is 26.4 Å². The zero-order valence-corrected chi connectivity index (χ0v) is 17.3. The lowest BCUT2D eigenvalue weighted by atomic mass is 10.1. The van der Waals surface area contributed by atoms with E-state index in [0.717, 1.165) is 5.56 Å². The maximum atomic E-state index is 13.3. The number of nitrogens with two attached hydrogens (primary N) is 1. The van der Waals surface area contributed by atoms with Gasteiger partial charge in [0, 0.05) is 37.2 Å². The number of fused-ring (bicyclic) bond motifs is 2. The average molecular weight is 418 g/mol. The molecule has 0 atom stereocenters. The van der Waals surface area contributed by atoms with Crippen molar-refractivity contribution in [1.82, 2.24) is 24.3 Å². The Balaban J connectivity index is 1.89. The van der Waals surface area contributed by atoms with Crippen LogP contribution in [-0.4, -0.2) is 31.4 Å². The Labute approximate surface area is 178 Å². The van der Waals surface area contributed by atoms with Crippen molar-refractivity contribution in [2.75, 3.05) is 12.3 Å². The number of nitrogen functional groups attached to an aromatic ring is 1. The quantitative estimate of drug-likeness (QED) is 0.266. The van der Waals surface area contributed by atoms with Gasteiger partial charge in [0.2, 0.25) is 11.5 Å². The molecule has 3 N–H and O–H groups in total. The Bertz CT molecular complexity index is 1340. The summed E-state index contributed by atoms with van der Waals surface area (Å²) in [6, 6.07) is 5.22. The number of nitrogens with zero attached hydrogens (tertiary/aromatic N) is 5. The molecule has 0 fully saturated rings. The molecule has 0 aliphatic carbocycles. The summed E-state index contributed by atoms with van der Waals surface area (Å²) in [6.45, 7) is 7.01. The molecule has 4 rings (SSSR count). The van der Waals surface area contributed by atoms with Crippen LogP contribution >= 0.6 is 0 Å². The third kappa shape index (κ3) is 3.77. The molecule has 4 heterocycles. The van der Waals surface area contributed by atoms with Crippen LogP contribution in [0.3, 0.4) is 0 Å². The first-order valence-electron chi connectivity index (χ1n) is 10.00. The molecule has 0 aliphatic rings. The molecular weight excluding hydrogens is 394 g/mol. The zero-order chi connectivity index (χ0) is 22.0. The number of imidazole rings is 1. The highest BCUT2D eigenvalue weighted by molar-refractivity contribution is 6.00. The molecule has 0 aromatic carbocycles. The van der Waals surface area contributed by atoms with E-state index < -0.39 is 0 Å². The fourth-order valence-electron chi connectivity index (χ4n) is 3.61. The normalized spacial score (nSPS) is 11.1. The van der Waals surface area contributed by atoms with Crippen LogP contribution in [0.1, 0.15) is 22.3 Å². The minimum Gasteiger partial charge on any atom is -0.348 e. The SMILES string of the molecule is C=CCNC(=O)c1cc2c(=O)n3cccc(C)c3nc2[n+](CCCn2ccnc2)c1N. The van der Waals surface area contributed by atoms with E-state index in [0.29, 0.717) is 42.7 Å². The number of hydrogen-bond acceptors (Lipinski definition) is 5. The van der Waals surface area contributed by atoms with Gasteiger partial charge in [-0.15, -0.1) is 6.58 Å². The largest absolute Gasteiger partial charge is 0.348 e. The third-order valence-corrected chi connectivity index (χ3v) is 5.18. The average Bonchev–Trinajstić information content (AvgIpc) is 3.28. The van der Waals surface area contributed by atoms with E-state index in [1.807, 2.05) is 23.8 Å². The van der Waals surface area contributed by atoms with Gasteiger partial charge in [-0.3, -0.25) is 14.0 Å². The molecule has 0 bridgehead atoms. The molecule has 158 valence electrons. The van der Waals surface area contributed by atoms with E-state index in [1.54, 1.807) is 35.4 Å². The first kappa shape index (κ1) is 20.3. The Morgan fingerprint density at radius 2 is 2.23 bits per heavy atom. The van der Waals surface area contributed by atoms with Crippen LogP contribution in [0.4, 0.5) is 5.82 Å². The van der Waals surface area contributed by atoms with Gasteiger partial charge in [0.25, 0.3) is 17.1 Å². The summed E-state index contributed by atoms with van der Waals surface area (Å²) < 4.78 is 5.21. The number of anilines is 1. The Morgan fingerprint density at radius 3 is 2.97 bits per heavy atom. The van der Waals surface area contributed by atoms with Gasteiger partial charge >= 0.3 is 0 Å². The number of aryl methyl sites for hydroxylation is 3. The van der Waals surface area contributed by atoms with E-state index in [-0.39, 0.29) is 22.8 Å². The molecule has 0 aliphatic heterocycles. The first-order valence-corrected chi connectivity index (χ1v) is 10.00. The van der Waals surface area contributed by atoms with Gasteiger partial charge < -0.3 is 15.6 Å². The van der Waals surface area contributed by atoms with Crippen LogP contribution in [0.25, 0.3) is 16.7 Å². The van der Waals surface area contributed by atoms with Crippen LogP contribution in [0, 0.1) is 6.92 Å². The fourth-order valence-corrected chi connectivity index (χ4v) is 3.61. The van der Waals surface area contributed by atoms with Crippen LogP contribution in [-0.2, 0) is 13.1 Å². The maximum Gasteiger partial charge on any atom is 0.278 e. The maximum absolute atomic E-state index is 13.3. The van der Waals surface area contributed by atoms with Gasteiger partial charge in [-0.2, -0.15) is 0 Å². The van der Waals surface area contributed by atoms with E-state index in [4.69, 9.17) is 10.7 Å². The molecule has 0 unspecified atom stereocenters. The molecular formula is C22H24N7O2+. The molecule has 0 radical (unpaired) electrons. The van der Waals surface area contributed by atoms with Gasteiger partial charge in [-0.25, -0.2) is 9.55 Å². The lowest BCUT2D eigenvalue weighted by Crippen LogP contribution is -2.43. The van der Waals surface area contributed by atoms with Crippen molar-refractivity contribution in [3.05, 3.63) is 77.3 Å². The van der Waals surface area contributed by atoms with Crippen molar-refractivity contribution in [3.63, 3.8) is 0 Å². The monoisotopic (exact) mass is 418 g/mol. The van der Waals surface area contributed by atoms with Gasteiger partial charge in [0.05, 0.1) is 12.9 Å². The number of pyridine rings is 2. The van der Waals surface area contributed by atoms with Crippen LogP contribution in [0.5, 0.6) is 0 Å². The number of carbonyl (C=O) groups excluding carboxylic acids is 1. The van der Waals surface area contributed by atoms with Crippen LogP contribution < -0.4 is 21.2 Å².